The van der Waals surface area contributed by atoms with Crippen molar-refractivity contribution in [3.8, 4) is 11.5 Å². The van der Waals surface area contributed by atoms with Gasteiger partial charge in [-0.15, -0.1) is 0 Å². The number of fused-ring (bicyclic) bond motifs is 1. The van der Waals surface area contributed by atoms with Crippen LogP contribution in [-0.4, -0.2) is 35.6 Å². The van der Waals surface area contributed by atoms with Gasteiger partial charge in [-0.3, -0.25) is 4.79 Å². The summed E-state index contributed by atoms with van der Waals surface area (Å²) in [6.07, 6.45) is 0.794. The molecule has 6 heteroatoms. The van der Waals surface area contributed by atoms with Crippen LogP contribution in [0.4, 0.5) is 0 Å². The number of benzene rings is 1. The minimum absolute atomic E-state index is 0.0687. The van der Waals surface area contributed by atoms with Crippen LogP contribution in [0.2, 0.25) is 0 Å². The number of aromatic amines is 1. The molecule has 2 heterocycles. The molecule has 3 rings (SSSR count). The Morgan fingerprint density at radius 1 is 1.36 bits per heavy atom. The Bertz CT molecular complexity index is 727. The molecule has 0 fully saturated rings. The number of nitrogens with one attached hydrogen (secondary N) is 1. The van der Waals surface area contributed by atoms with Gasteiger partial charge in [0, 0.05) is 25.6 Å². The number of likely N-dealkylation sites (N-methyl/N-ethyl adjacent to an activating group) is 1. The minimum atomic E-state index is -0.0687. The number of rotatable bonds is 4. The molecule has 0 spiro atoms. The molecule has 1 aliphatic heterocycles. The smallest absolute Gasteiger partial charge is 0.255 e. The number of H-pyrrole nitrogens is 1. The Kier molecular flexibility index (Phi) is 4.11. The van der Waals surface area contributed by atoms with Gasteiger partial charge in [-0.2, -0.15) is 0 Å². The summed E-state index contributed by atoms with van der Waals surface area (Å²) in [6, 6.07) is 7.34. The molecule has 1 aliphatic rings. The summed E-state index contributed by atoms with van der Waals surface area (Å²) in [6.45, 7) is 1.79. The highest BCUT2D eigenvalue weighted by Crippen LogP contribution is 2.19. The summed E-state index contributed by atoms with van der Waals surface area (Å²) >= 11 is 0. The number of hydrogen-bond acceptors (Lipinski definition) is 5. The lowest BCUT2D eigenvalue weighted by atomic mass is 10.1. The van der Waals surface area contributed by atoms with Gasteiger partial charge in [-0.1, -0.05) is 6.07 Å². The van der Waals surface area contributed by atoms with Gasteiger partial charge in [-0.05, 0) is 19.2 Å². The SMILES string of the molecule is COc1cccc(OCc2nc3c(c(=O)[nH]2)CN(C)CC3)c1. The lowest BCUT2D eigenvalue weighted by Gasteiger charge is -2.23. The van der Waals surface area contributed by atoms with Crippen LogP contribution >= 0.6 is 0 Å². The second-order valence-corrected chi connectivity index (χ2v) is 5.39. The first kappa shape index (κ1) is 14.6. The van der Waals surface area contributed by atoms with Crippen molar-refractivity contribution in [3.63, 3.8) is 0 Å². The fourth-order valence-electron chi connectivity index (χ4n) is 2.52. The zero-order valence-corrected chi connectivity index (χ0v) is 12.8. The van der Waals surface area contributed by atoms with E-state index in [9.17, 15) is 4.79 Å². The largest absolute Gasteiger partial charge is 0.497 e. The van der Waals surface area contributed by atoms with E-state index in [1.165, 1.54) is 0 Å². The Morgan fingerprint density at radius 2 is 2.18 bits per heavy atom. The van der Waals surface area contributed by atoms with Crippen molar-refractivity contribution < 1.29 is 9.47 Å². The number of aromatic nitrogens is 2. The Balaban J connectivity index is 1.76. The zero-order chi connectivity index (χ0) is 15.5. The van der Waals surface area contributed by atoms with Crippen LogP contribution in [0.3, 0.4) is 0 Å². The molecule has 0 saturated carbocycles. The first-order valence-electron chi connectivity index (χ1n) is 7.22. The van der Waals surface area contributed by atoms with Crippen LogP contribution in [0.1, 0.15) is 17.1 Å². The van der Waals surface area contributed by atoms with Crippen LogP contribution < -0.4 is 15.0 Å². The van der Waals surface area contributed by atoms with Crippen molar-refractivity contribution in [1.82, 2.24) is 14.9 Å². The minimum Gasteiger partial charge on any atom is -0.497 e. The average molecular weight is 301 g/mol. The average Bonchev–Trinajstić information content (AvgIpc) is 2.54. The summed E-state index contributed by atoms with van der Waals surface area (Å²) in [4.78, 5) is 21.6. The van der Waals surface area contributed by atoms with Gasteiger partial charge >= 0.3 is 0 Å². The molecule has 6 nitrogen and oxygen atoms in total. The third-order valence-corrected chi connectivity index (χ3v) is 3.73. The molecule has 116 valence electrons. The number of methoxy groups -OCH3 is 1. The monoisotopic (exact) mass is 301 g/mol. The first-order chi connectivity index (χ1) is 10.7. The second-order valence-electron chi connectivity index (χ2n) is 5.39. The fourth-order valence-corrected chi connectivity index (χ4v) is 2.52. The molecule has 1 aromatic carbocycles. The lowest BCUT2D eigenvalue weighted by Crippen LogP contribution is -2.33. The van der Waals surface area contributed by atoms with Gasteiger partial charge in [-0.25, -0.2) is 4.98 Å². The van der Waals surface area contributed by atoms with E-state index >= 15 is 0 Å². The quantitative estimate of drug-likeness (QED) is 0.923. The van der Waals surface area contributed by atoms with E-state index < -0.39 is 0 Å². The molecule has 0 atom stereocenters. The highest BCUT2D eigenvalue weighted by atomic mass is 16.5. The predicted molar refractivity (Wildman–Crippen MR) is 82.2 cm³/mol. The van der Waals surface area contributed by atoms with Crippen molar-refractivity contribution in [2.45, 2.75) is 19.6 Å². The predicted octanol–water partition coefficient (Wildman–Crippen LogP) is 1.35. The van der Waals surface area contributed by atoms with Gasteiger partial charge < -0.3 is 19.4 Å². The summed E-state index contributed by atoms with van der Waals surface area (Å²) in [5.74, 6) is 1.96. The normalized spacial score (nSPS) is 14.5. The summed E-state index contributed by atoms with van der Waals surface area (Å²) < 4.78 is 10.8. The highest BCUT2D eigenvalue weighted by Gasteiger charge is 2.18. The van der Waals surface area contributed by atoms with Gasteiger partial charge in [0.1, 0.15) is 23.9 Å². The van der Waals surface area contributed by atoms with Crippen molar-refractivity contribution in [1.29, 1.82) is 0 Å². The van der Waals surface area contributed by atoms with Gasteiger partial charge in [0.2, 0.25) is 0 Å². The van der Waals surface area contributed by atoms with Crippen molar-refractivity contribution in [2.75, 3.05) is 20.7 Å². The van der Waals surface area contributed by atoms with E-state index in [2.05, 4.69) is 14.9 Å². The van der Waals surface area contributed by atoms with E-state index in [1.807, 2.05) is 25.2 Å². The molecule has 22 heavy (non-hydrogen) atoms. The third-order valence-electron chi connectivity index (χ3n) is 3.73. The number of ether oxygens (including phenoxy) is 2. The van der Waals surface area contributed by atoms with Crippen LogP contribution in [0.25, 0.3) is 0 Å². The molecule has 1 aromatic heterocycles. The molecule has 0 amide bonds. The fraction of sp³-hybridized carbons (Fsp3) is 0.375. The highest BCUT2D eigenvalue weighted by molar-refractivity contribution is 5.32. The Hall–Kier alpha value is -2.34. The molecule has 0 bridgehead atoms. The maximum atomic E-state index is 12.1. The van der Waals surface area contributed by atoms with Crippen molar-refractivity contribution in [2.24, 2.45) is 0 Å². The topological polar surface area (TPSA) is 67.5 Å². The molecule has 0 aliphatic carbocycles. The molecular formula is C16H19N3O3. The summed E-state index contributed by atoms with van der Waals surface area (Å²) in [5, 5.41) is 0. The van der Waals surface area contributed by atoms with Crippen LogP contribution in [0.15, 0.2) is 29.1 Å². The van der Waals surface area contributed by atoms with Crippen LogP contribution in [-0.2, 0) is 19.6 Å². The first-order valence-corrected chi connectivity index (χ1v) is 7.22. The van der Waals surface area contributed by atoms with E-state index in [-0.39, 0.29) is 12.2 Å². The van der Waals surface area contributed by atoms with E-state index in [4.69, 9.17) is 9.47 Å². The molecule has 1 N–H and O–H groups in total. The molecule has 0 radical (unpaired) electrons. The van der Waals surface area contributed by atoms with Gasteiger partial charge in [0.25, 0.3) is 5.56 Å². The summed E-state index contributed by atoms with van der Waals surface area (Å²) in [5.41, 5.74) is 1.57. The zero-order valence-electron chi connectivity index (χ0n) is 12.8. The van der Waals surface area contributed by atoms with Crippen molar-refractivity contribution >= 4 is 0 Å². The molecule has 0 unspecified atom stereocenters. The number of nitrogens with zero attached hydrogens (tertiary/aromatic N) is 2. The molecule has 0 saturated heterocycles. The summed E-state index contributed by atoms with van der Waals surface area (Å²) in [7, 11) is 3.61. The molecular weight excluding hydrogens is 282 g/mol. The maximum Gasteiger partial charge on any atom is 0.255 e. The maximum absolute atomic E-state index is 12.1. The van der Waals surface area contributed by atoms with Crippen LogP contribution in [0.5, 0.6) is 11.5 Å². The van der Waals surface area contributed by atoms with E-state index in [1.54, 1.807) is 13.2 Å². The van der Waals surface area contributed by atoms with Crippen LogP contribution in [0, 0.1) is 0 Å². The lowest BCUT2D eigenvalue weighted by molar-refractivity contribution is 0.286. The number of hydrogen-bond donors (Lipinski definition) is 1. The second kappa shape index (κ2) is 6.19. The van der Waals surface area contributed by atoms with E-state index in [0.717, 1.165) is 30.0 Å². The standard InChI is InChI=1S/C16H19N3O3/c1-19-7-6-14-13(9-19)16(20)18-15(17-14)10-22-12-5-3-4-11(8-12)21-2/h3-5,8H,6-7,9-10H2,1-2H3,(H,17,18,20). The van der Waals surface area contributed by atoms with Gasteiger partial charge in [0.15, 0.2) is 0 Å². The molecule has 2 aromatic rings. The Morgan fingerprint density at radius 3 is 3.00 bits per heavy atom. The van der Waals surface area contributed by atoms with Crippen molar-refractivity contribution in [3.05, 3.63) is 51.7 Å². The third kappa shape index (κ3) is 3.12. The Labute approximate surface area is 128 Å². The van der Waals surface area contributed by atoms with Gasteiger partial charge in [0.05, 0.1) is 18.4 Å². The van der Waals surface area contributed by atoms with E-state index in [0.29, 0.717) is 18.1 Å².